The fourth-order valence-corrected chi connectivity index (χ4v) is 4.89. The maximum absolute atomic E-state index is 12.9. The Labute approximate surface area is 209 Å². The third-order valence-electron chi connectivity index (χ3n) is 7.25. The zero-order valence-electron chi connectivity index (χ0n) is 21.1. The number of aryl methyl sites for hydroxylation is 1. The van der Waals surface area contributed by atoms with Crippen LogP contribution < -0.4 is 10.6 Å². The molecule has 7 heteroatoms. The molecule has 2 aromatic rings. The lowest BCUT2D eigenvalue weighted by molar-refractivity contribution is 0.0940. The summed E-state index contributed by atoms with van der Waals surface area (Å²) in [5.41, 5.74) is 3.90. The van der Waals surface area contributed by atoms with Gasteiger partial charge in [0, 0.05) is 69.5 Å². The van der Waals surface area contributed by atoms with Gasteiger partial charge in [-0.3, -0.25) is 9.69 Å². The van der Waals surface area contributed by atoms with Gasteiger partial charge in [-0.25, -0.2) is 4.79 Å². The molecule has 0 saturated carbocycles. The first kappa shape index (κ1) is 25.2. The SMILES string of the molecule is CCc1ccc(NC(=O)N2CCC[C@@H](c3cccc(C(=O)NCCN4CCN(C)CC4)c3)C2)cc1. The number of rotatable bonds is 7. The van der Waals surface area contributed by atoms with Crippen molar-refractivity contribution in [3.05, 3.63) is 65.2 Å². The molecular formula is C28H39N5O2. The Kier molecular flexibility index (Phi) is 8.77. The van der Waals surface area contributed by atoms with Crippen molar-refractivity contribution >= 4 is 17.6 Å². The second-order valence-electron chi connectivity index (χ2n) is 9.79. The molecule has 0 aromatic heterocycles. The van der Waals surface area contributed by atoms with Gasteiger partial charge in [0.15, 0.2) is 0 Å². The third-order valence-corrected chi connectivity index (χ3v) is 7.25. The van der Waals surface area contributed by atoms with Crippen LogP contribution in [0.3, 0.4) is 0 Å². The van der Waals surface area contributed by atoms with Crippen molar-refractivity contribution in [2.75, 3.05) is 64.7 Å². The first-order valence-electron chi connectivity index (χ1n) is 13.0. The van der Waals surface area contributed by atoms with Gasteiger partial charge in [-0.05, 0) is 61.7 Å². The van der Waals surface area contributed by atoms with Crippen molar-refractivity contribution in [2.45, 2.75) is 32.1 Å². The predicted molar refractivity (Wildman–Crippen MR) is 141 cm³/mol. The van der Waals surface area contributed by atoms with Gasteiger partial charge in [-0.1, -0.05) is 31.2 Å². The normalized spacial score (nSPS) is 19.4. The summed E-state index contributed by atoms with van der Waals surface area (Å²) in [7, 11) is 2.15. The average molecular weight is 478 g/mol. The lowest BCUT2D eigenvalue weighted by Gasteiger charge is -2.33. The number of piperidine rings is 1. The molecule has 0 radical (unpaired) electrons. The molecule has 0 bridgehead atoms. The number of amides is 3. The van der Waals surface area contributed by atoms with E-state index in [-0.39, 0.29) is 17.9 Å². The van der Waals surface area contributed by atoms with Crippen molar-refractivity contribution in [1.29, 1.82) is 0 Å². The van der Waals surface area contributed by atoms with E-state index in [4.69, 9.17) is 0 Å². The second kappa shape index (κ2) is 12.2. The molecule has 1 atom stereocenters. The standard InChI is InChI=1S/C28H39N5O2/c1-3-22-9-11-26(12-10-22)30-28(35)33-14-5-8-25(21-33)23-6-4-7-24(20-23)27(34)29-13-15-32-18-16-31(2)17-19-32/h4,6-7,9-12,20,25H,3,5,8,13-19,21H2,1-2H3,(H,29,34)(H,30,35)/t25-/m1/s1. The summed E-state index contributed by atoms with van der Waals surface area (Å²) in [6.45, 7) is 9.34. The monoisotopic (exact) mass is 477 g/mol. The van der Waals surface area contributed by atoms with E-state index in [1.807, 2.05) is 35.2 Å². The molecule has 4 rings (SSSR count). The van der Waals surface area contributed by atoms with Gasteiger partial charge < -0.3 is 20.4 Å². The summed E-state index contributed by atoms with van der Waals surface area (Å²) >= 11 is 0. The number of likely N-dealkylation sites (tertiary alicyclic amines) is 1. The van der Waals surface area contributed by atoms with Crippen LogP contribution in [0.1, 0.15) is 47.2 Å². The summed E-state index contributed by atoms with van der Waals surface area (Å²) in [4.78, 5) is 32.3. The van der Waals surface area contributed by atoms with E-state index in [1.54, 1.807) is 0 Å². The molecule has 188 valence electrons. The minimum atomic E-state index is -0.0586. The number of urea groups is 1. The quantitative estimate of drug-likeness (QED) is 0.639. The number of nitrogens with zero attached hydrogens (tertiary/aromatic N) is 3. The second-order valence-corrected chi connectivity index (χ2v) is 9.79. The van der Waals surface area contributed by atoms with E-state index in [1.165, 1.54) is 5.56 Å². The molecule has 2 saturated heterocycles. The average Bonchev–Trinajstić information content (AvgIpc) is 2.90. The van der Waals surface area contributed by atoms with E-state index in [0.29, 0.717) is 18.7 Å². The van der Waals surface area contributed by atoms with Crippen molar-refractivity contribution in [1.82, 2.24) is 20.0 Å². The number of carbonyl (C=O) groups is 2. The van der Waals surface area contributed by atoms with E-state index in [9.17, 15) is 9.59 Å². The Morgan fingerprint density at radius 2 is 1.77 bits per heavy atom. The molecule has 0 spiro atoms. The van der Waals surface area contributed by atoms with Gasteiger partial charge in [0.05, 0.1) is 0 Å². The molecule has 2 aliphatic heterocycles. The van der Waals surface area contributed by atoms with Crippen molar-refractivity contribution < 1.29 is 9.59 Å². The van der Waals surface area contributed by atoms with E-state index >= 15 is 0 Å². The number of piperazine rings is 1. The molecular weight excluding hydrogens is 438 g/mol. The first-order chi connectivity index (χ1) is 17.0. The van der Waals surface area contributed by atoms with Crippen LogP contribution in [0.2, 0.25) is 0 Å². The Morgan fingerprint density at radius 3 is 2.51 bits per heavy atom. The molecule has 7 nitrogen and oxygen atoms in total. The maximum atomic E-state index is 12.9. The fraction of sp³-hybridized carbons (Fsp3) is 0.500. The highest BCUT2D eigenvalue weighted by molar-refractivity contribution is 5.94. The number of anilines is 1. The highest BCUT2D eigenvalue weighted by Gasteiger charge is 2.25. The Bertz CT molecular complexity index is 985. The van der Waals surface area contributed by atoms with Gasteiger partial charge in [0.1, 0.15) is 0 Å². The molecule has 2 fully saturated rings. The van der Waals surface area contributed by atoms with Gasteiger partial charge in [0.2, 0.25) is 0 Å². The summed E-state index contributed by atoms with van der Waals surface area (Å²) < 4.78 is 0. The molecule has 2 heterocycles. The fourth-order valence-electron chi connectivity index (χ4n) is 4.89. The Morgan fingerprint density at radius 1 is 1.00 bits per heavy atom. The highest BCUT2D eigenvalue weighted by Crippen LogP contribution is 2.28. The largest absolute Gasteiger partial charge is 0.351 e. The number of benzene rings is 2. The molecule has 35 heavy (non-hydrogen) atoms. The van der Waals surface area contributed by atoms with Crippen LogP contribution >= 0.6 is 0 Å². The number of hydrogen-bond donors (Lipinski definition) is 2. The molecule has 3 amide bonds. The Balaban J connectivity index is 1.29. The minimum absolute atomic E-state index is 0.0260. The number of nitrogens with one attached hydrogen (secondary N) is 2. The summed E-state index contributed by atoms with van der Waals surface area (Å²) in [5, 5.41) is 6.11. The minimum Gasteiger partial charge on any atom is -0.351 e. The summed E-state index contributed by atoms with van der Waals surface area (Å²) in [6, 6.07) is 15.9. The van der Waals surface area contributed by atoms with Crippen LogP contribution in [0.4, 0.5) is 10.5 Å². The molecule has 0 unspecified atom stereocenters. The van der Waals surface area contributed by atoms with Gasteiger partial charge in [0.25, 0.3) is 5.91 Å². The van der Waals surface area contributed by atoms with Gasteiger partial charge >= 0.3 is 6.03 Å². The van der Waals surface area contributed by atoms with Crippen LogP contribution in [0.5, 0.6) is 0 Å². The van der Waals surface area contributed by atoms with Crippen molar-refractivity contribution in [3.63, 3.8) is 0 Å². The topological polar surface area (TPSA) is 67.9 Å². The lowest BCUT2D eigenvalue weighted by atomic mass is 9.89. The van der Waals surface area contributed by atoms with Crippen molar-refractivity contribution in [2.24, 2.45) is 0 Å². The molecule has 2 aromatic carbocycles. The number of carbonyl (C=O) groups excluding carboxylic acids is 2. The van der Waals surface area contributed by atoms with Gasteiger partial charge in [-0.2, -0.15) is 0 Å². The maximum Gasteiger partial charge on any atom is 0.321 e. The van der Waals surface area contributed by atoms with Crippen LogP contribution in [0.25, 0.3) is 0 Å². The van der Waals surface area contributed by atoms with Crippen LogP contribution in [-0.4, -0.2) is 86.0 Å². The summed E-state index contributed by atoms with van der Waals surface area (Å²) in [5.74, 6) is 0.206. The zero-order chi connectivity index (χ0) is 24.6. The van der Waals surface area contributed by atoms with Crippen LogP contribution in [0.15, 0.2) is 48.5 Å². The summed E-state index contributed by atoms with van der Waals surface area (Å²) in [6.07, 6.45) is 2.95. The third kappa shape index (κ3) is 7.05. The van der Waals surface area contributed by atoms with Crippen LogP contribution in [0, 0.1) is 0 Å². The highest BCUT2D eigenvalue weighted by atomic mass is 16.2. The Hall–Kier alpha value is -2.90. The predicted octanol–water partition coefficient (Wildman–Crippen LogP) is 3.64. The molecule has 2 N–H and O–H groups in total. The van der Waals surface area contributed by atoms with Crippen LogP contribution in [-0.2, 0) is 6.42 Å². The molecule has 0 aliphatic carbocycles. The molecule has 2 aliphatic rings. The number of hydrogen-bond acceptors (Lipinski definition) is 4. The van der Waals surface area contributed by atoms with Gasteiger partial charge in [-0.15, -0.1) is 0 Å². The number of likely N-dealkylation sites (N-methyl/N-ethyl adjacent to an activating group) is 1. The smallest absolute Gasteiger partial charge is 0.321 e. The zero-order valence-corrected chi connectivity index (χ0v) is 21.1. The van der Waals surface area contributed by atoms with E-state index in [0.717, 1.165) is 69.8 Å². The van der Waals surface area contributed by atoms with E-state index < -0.39 is 0 Å². The van der Waals surface area contributed by atoms with Crippen molar-refractivity contribution in [3.8, 4) is 0 Å². The van der Waals surface area contributed by atoms with E-state index in [2.05, 4.69) is 52.6 Å². The lowest BCUT2D eigenvalue weighted by Crippen LogP contribution is -2.46. The first-order valence-corrected chi connectivity index (χ1v) is 13.0.